The molecule has 0 aliphatic heterocycles. The molecule has 3 heterocycles. The van der Waals surface area contributed by atoms with E-state index in [2.05, 4.69) is 32.6 Å². The van der Waals surface area contributed by atoms with Gasteiger partial charge in [-0.2, -0.15) is 0 Å². The third-order valence-electron chi connectivity index (χ3n) is 2.43. The number of hydrogen-bond donors (Lipinski definition) is 0. The van der Waals surface area contributed by atoms with Crippen LogP contribution in [0, 0.1) is 2.88 Å². The van der Waals surface area contributed by atoms with Gasteiger partial charge in [0.2, 0.25) is 0 Å². The van der Waals surface area contributed by atoms with Crippen LogP contribution in [0.3, 0.4) is 0 Å². The first-order chi connectivity index (χ1) is 8.25. The van der Waals surface area contributed by atoms with Gasteiger partial charge in [0.25, 0.3) is 0 Å². The largest absolute Gasteiger partial charge is 0.265 e. The van der Waals surface area contributed by atoms with E-state index in [1.807, 2.05) is 24.3 Å². The molecular weight excluding hydrogens is 367 g/mol. The van der Waals surface area contributed by atoms with E-state index in [0.717, 1.165) is 21.3 Å². The Morgan fingerprint density at radius 2 is 1.88 bits per heavy atom. The fraction of sp³-hybridized carbons (Fsp3) is 0. The SMILES string of the molecule is Clc1ccc2sc(I)c(-c3ccncc3)c2n1. The molecule has 0 atom stereocenters. The van der Waals surface area contributed by atoms with E-state index in [1.165, 1.54) is 2.88 Å². The average Bonchev–Trinajstić information content (AvgIpc) is 2.65. The summed E-state index contributed by atoms with van der Waals surface area (Å²) in [6.45, 7) is 0. The zero-order chi connectivity index (χ0) is 11.8. The first-order valence-electron chi connectivity index (χ1n) is 4.90. The second-order valence-corrected chi connectivity index (χ2v) is 6.72. The standard InChI is InChI=1S/C12H6ClIN2S/c13-9-2-1-8-11(16-9)10(12(14)17-8)7-3-5-15-6-4-7/h1-6H. The molecule has 0 aliphatic carbocycles. The molecule has 0 unspecified atom stereocenters. The molecule has 0 fully saturated rings. The number of halogens is 2. The van der Waals surface area contributed by atoms with Gasteiger partial charge in [-0.05, 0) is 52.4 Å². The van der Waals surface area contributed by atoms with Gasteiger partial charge in [-0.25, -0.2) is 4.98 Å². The van der Waals surface area contributed by atoms with Gasteiger partial charge in [0.1, 0.15) is 5.15 Å². The summed E-state index contributed by atoms with van der Waals surface area (Å²) in [5.74, 6) is 0. The predicted octanol–water partition coefficient (Wildman–Crippen LogP) is 4.62. The van der Waals surface area contributed by atoms with Crippen molar-refractivity contribution in [2.24, 2.45) is 0 Å². The molecular formula is C12H6ClIN2S. The minimum absolute atomic E-state index is 0.530. The molecule has 0 radical (unpaired) electrons. The van der Waals surface area contributed by atoms with Crippen LogP contribution in [-0.2, 0) is 0 Å². The number of rotatable bonds is 1. The monoisotopic (exact) mass is 372 g/mol. The number of nitrogens with zero attached hydrogens (tertiary/aromatic N) is 2. The second-order valence-electron chi connectivity index (χ2n) is 3.47. The van der Waals surface area contributed by atoms with Crippen LogP contribution in [0.15, 0.2) is 36.7 Å². The highest BCUT2D eigenvalue weighted by atomic mass is 127. The smallest absolute Gasteiger partial charge is 0.129 e. The topological polar surface area (TPSA) is 25.8 Å². The zero-order valence-electron chi connectivity index (χ0n) is 8.52. The lowest BCUT2D eigenvalue weighted by atomic mass is 10.1. The summed E-state index contributed by atoms with van der Waals surface area (Å²) in [7, 11) is 0. The van der Waals surface area contributed by atoms with E-state index < -0.39 is 0 Å². The Morgan fingerprint density at radius 1 is 1.12 bits per heavy atom. The molecule has 0 bridgehead atoms. The lowest BCUT2D eigenvalue weighted by Crippen LogP contribution is -1.82. The number of thiophene rings is 1. The van der Waals surface area contributed by atoms with Crippen molar-refractivity contribution < 1.29 is 0 Å². The van der Waals surface area contributed by atoms with E-state index in [4.69, 9.17) is 11.6 Å². The molecule has 0 amide bonds. The summed E-state index contributed by atoms with van der Waals surface area (Å²) in [5.41, 5.74) is 3.25. The van der Waals surface area contributed by atoms with E-state index >= 15 is 0 Å². The first-order valence-corrected chi connectivity index (χ1v) is 7.18. The van der Waals surface area contributed by atoms with Crippen molar-refractivity contribution >= 4 is 55.7 Å². The van der Waals surface area contributed by atoms with Crippen LogP contribution in [0.4, 0.5) is 0 Å². The Labute approximate surface area is 121 Å². The van der Waals surface area contributed by atoms with Crippen molar-refractivity contribution in [3.05, 3.63) is 44.7 Å². The molecule has 0 aromatic carbocycles. The number of hydrogen-bond acceptors (Lipinski definition) is 3. The molecule has 2 nitrogen and oxygen atoms in total. The quantitative estimate of drug-likeness (QED) is 0.460. The molecule has 3 aromatic rings. The molecule has 3 aromatic heterocycles. The van der Waals surface area contributed by atoms with Crippen LogP contribution in [0.2, 0.25) is 5.15 Å². The van der Waals surface area contributed by atoms with Crippen LogP contribution in [0.25, 0.3) is 21.3 Å². The number of fused-ring (bicyclic) bond motifs is 1. The van der Waals surface area contributed by atoms with Gasteiger partial charge >= 0.3 is 0 Å². The Kier molecular flexibility index (Phi) is 3.02. The third-order valence-corrected chi connectivity index (χ3v) is 4.77. The minimum Gasteiger partial charge on any atom is -0.265 e. The maximum absolute atomic E-state index is 5.97. The van der Waals surface area contributed by atoms with Gasteiger partial charge in [-0.15, -0.1) is 11.3 Å². The van der Waals surface area contributed by atoms with Gasteiger partial charge in [0.05, 0.1) is 13.1 Å². The van der Waals surface area contributed by atoms with Crippen molar-refractivity contribution in [3.63, 3.8) is 0 Å². The van der Waals surface area contributed by atoms with Crippen LogP contribution in [0.1, 0.15) is 0 Å². The molecule has 17 heavy (non-hydrogen) atoms. The van der Waals surface area contributed by atoms with Gasteiger partial charge in [-0.3, -0.25) is 4.98 Å². The Morgan fingerprint density at radius 3 is 2.65 bits per heavy atom. The Balaban J connectivity index is 2.35. The molecule has 84 valence electrons. The summed E-state index contributed by atoms with van der Waals surface area (Å²) < 4.78 is 2.38. The fourth-order valence-electron chi connectivity index (χ4n) is 1.69. The van der Waals surface area contributed by atoms with Crippen LogP contribution >= 0.6 is 45.5 Å². The van der Waals surface area contributed by atoms with Crippen molar-refractivity contribution in [2.75, 3.05) is 0 Å². The summed E-state index contributed by atoms with van der Waals surface area (Å²) in [6.07, 6.45) is 3.58. The molecule has 0 saturated carbocycles. The fourth-order valence-corrected chi connectivity index (χ4v) is 4.01. The molecule has 0 aliphatic rings. The van der Waals surface area contributed by atoms with Crippen molar-refractivity contribution in [1.29, 1.82) is 0 Å². The second kappa shape index (κ2) is 4.51. The summed E-state index contributed by atoms with van der Waals surface area (Å²) in [5, 5.41) is 0.530. The van der Waals surface area contributed by atoms with Crippen molar-refractivity contribution in [3.8, 4) is 11.1 Å². The maximum Gasteiger partial charge on any atom is 0.129 e. The third kappa shape index (κ3) is 2.05. The van der Waals surface area contributed by atoms with Crippen LogP contribution in [-0.4, -0.2) is 9.97 Å². The van der Waals surface area contributed by atoms with Crippen LogP contribution < -0.4 is 0 Å². The minimum atomic E-state index is 0.530. The molecule has 0 saturated heterocycles. The molecule has 0 N–H and O–H groups in total. The maximum atomic E-state index is 5.97. The Bertz CT molecular complexity index is 682. The zero-order valence-corrected chi connectivity index (χ0v) is 12.3. The molecule has 3 rings (SSSR count). The lowest BCUT2D eigenvalue weighted by Gasteiger charge is -1.99. The predicted molar refractivity (Wildman–Crippen MR) is 80.6 cm³/mol. The molecule has 0 spiro atoms. The first kappa shape index (κ1) is 11.4. The van der Waals surface area contributed by atoms with Crippen molar-refractivity contribution in [2.45, 2.75) is 0 Å². The summed E-state index contributed by atoms with van der Waals surface area (Å²) >= 11 is 10.0. The van der Waals surface area contributed by atoms with E-state index in [9.17, 15) is 0 Å². The van der Waals surface area contributed by atoms with Gasteiger partial charge in [0.15, 0.2) is 0 Å². The highest BCUT2D eigenvalue weighted by molar-refractivity contribution is 14.1. The van der Waals surface area contributed by atoms with E-state index in [0.29, 0.717) is 5.15 Å². The highest BCUT2D eigenvalue weighted by Crippen LogP contribution is 2.38. The van der Waals surface area contributed by atoms with Crippen molar-refractivity contribution in [1.82, 2.24) is 9.97 Å². The van der Waals surface area contributed by atoms with Gasteiger partial charge in [0, 0.05) is 18.0 Å². The Hall–Kier alpha value is -0.720. The normalized spacial score (nSPS) is 10.9. The summed E-state index contributed by atoms with van der Waals surface area (Å²) in [6, 6.07) is 7.83. The number of aromatic nitrogens is 2. The summed E-state index contributed by atoms with van der Waals surface area (Å²) in [4.78, 5) is 8.46. The highest BCUT2D eigenvalue weighted by Gasteiger charge is 2.13. The molecule has 5 heteroatoms. The van der Waals surface area contributed by atoms with Crippen LogP contribution in [0.5, 0.6) is 0 Å². The van der Waals surface area contributed by atoms with Gasteiger partial charge < -0.3 is 0 Å². The number of pyridine rings is 2. The average molecular weight is 373 g/mol. The van der Waals surface area contributed by atoms with E-state index in [1.54, 1.807) is 23.7 Å². The van der Waals surface area contributed by atoms with Gasteiger partial charge in [-0.1, -0.05) is 11.6 Å². The lowest BCUT2D eigenvalue weighted by molar-refractivity contribution is 1.33. The van der Waals surface area contributed by atoms with E-state index in [-0.39, 0.29) is 0 Å².